The summed E-state index contributed by atoms with van der Waals surface area (Å²) in [5, 5.41) is 3.67. The van der Waals surface area contributed by atoms with Crippen molar-refractivity contribution in [1.29, 1.82) is 0 Å². The first-order valence-corrected chi connectivity index (χ1v) is 5.70. The fourth-order valence-electron chi connectivity index (χ4n) is 1.64. The molecule has 1 nitrogen and oxygen atoms in total. The Morgan fingerprint density at radius 1 is 1.15 bits per heavy atom. The lowest BCUT2D eigenvalue weighted by molar-refractivity contribution is 0.208. The standard InChI is InChI=1S/C12H27N/c1-7-9-11(13-10(3)4)12(5,6)8-2/h10-11,13H,7-9H2,1-6H3. The van der Waals surface area contributed by atoms with Crippen molar-refractivity contribution in [3.8, 4) is 0 Å². The van der Waals surface area contributed by atoms with Crippen LogP contribution in [0.3, 0.4) is 0 Å². The molecule has 0 aromatic rings. The van der Waals surface area contributed by atoms with Crippen LogP contribution in [-0.2, 0) is 0 Å². The fourth-order valence-corrected chi connectivity index (χ4v) is 1.64. The Kier molecular flexibility index (Phi) is 5.62. The van der Waals surface area contributed by atoms with E-state index < -0.39 is 0 Å². The molecule has 0 saturated heterocycles. The smallest absolute Gasteiger partial charge is 0.0120 e. The number of rotatable bonds is 6. The fraction of sp³-hybridized carbons (Fsp3) is 1.00. The van der Waals surface area contributed by atoms with Crippen LogP contribution in [0.4, 0.5) is 0 Å². The summed E-state index contributed by atoms with van der Waals surface area (Å²) in [5.41, 5.74) is 0.431. The van der Waals surface area contributed by atoms with Gasteiger partial charge in [0.15, 0.2) is 0 Å². The van der Waals surface area contributed by atoms with Gasteiger partial charge >= 0.3 is 0 Å². The van der Waals surface area contributed by atoms with Gasteiger partial charge in [-0.1, -0.05) is 48.0 Å². The molecule has 1 heteroatoms. The molecule has 0 aliphatic rings. The van der Waals surface area contributed by atoms with Crippen LogP contribution in [-0.4, -0.2) is 12.1 Å². The normalized spacial score (nSPS) is 15.0. The van der Waals surface area contributed by atoms with E-state index in [2.05, 4.69) is 46.9 Å². The van der Waals surface area contributed by atoms with Gasteiger partial charge in [0.1, 0.15) is 0 Å². The summed E-state index contributed by atoms with van der Waals surface area (Å²) < 4.78 is 0. The molecule has 0 fully saturated rings. The van der Waals surface area contributed by atoms with Gasteiger partial charge in [-0.05, 0) is 18.3 Å². The van der Waals surface area contributed by atoms with E-state index in [-0.39, 0.29) is 0 Å². The van der Waals surface area contributed by atoms with Gasteiger partial charge in [-0.2, -0.15) is 0 Å². The van der Waals surface area contributed by atoms with E-state index in [0.29, 0.717) is 17.5 Å². The molecular weight excluding hydrogens is 158 g/mol. The first-order chi connectivity index (χ1) is 5.94. The molecule has 0 radical (unpaired) electrons. The van der Waals surface area contributed by atoms with Crippen molar-refractivity contribution in [1.82, 2.24) is 5.32 Å². The summed E-state index contributed by atoms with van der Waals surface area (Å²) in [4.78, 5) is 0. The van der Waals surface area contributed by atoms with Crippen molar-refractivity contribution in [2.75, 3.05) is 0 Å². The van der Waals surface area contributed by atoms with Crippen molar-refractivity contribution in [3.05, 3.63) is 0 Å². The van der Waals surface area contributed by atoms with Gasteiger partial charge < -0.3 is 5.32 Å². The van der Waals surface area contributed by atoms with Crippen molar-refractivity contribution < 1.29 is 0 Å². The topological polar surface area (TPSA) is 12.0 Å². The molecule has 0 bridgehead atoms. The monoisotopic (exact) mass is 185 g/mol. The van der Waals surface area contributed by atoms with Crippen molar-refractivity contribution in [2.45, 2.75) is 72.9 Å². The van der Waals surface area contributed by atoms with Gasteiger partial charge in [0.25, 0.3) is 0 Å². The van der Waals surface area contributed by atoms with Crippen LogP contribution in [0.5, 0.6) is 0 Å². The summed E-state index contributed by atoms with van der Waals surface area (Å²) >= 11 is 0. The zero-order chi connectivity index (χ0) is 10.5. The van der Waals surface area contributed by atoms with Crippen LogP contribution in [0.25, 0.3) is 0 Å². The van der Waals surface area contributed by atoms with Crippen LogP contribution in [0, 0.1) is 5.41 Å². The third kappa shape index (κ3) is 4.66. The minimum atomic E-state index is 0.431. The first kappa shape index (κ1) is 13.0. The second-order valence-corrected chi connectivity index (χ2v) is 5.00. The third-order valence-electron chi connectivity index (χ3n) is 2.97. The van der Waals surface area contributed by atoms with Crippen molar-refractivity contribution >= 4 is 0 Å². The maximum Gasteiger partial charge on any atom is 0.0120 e. The molecule has 80 valence electrons. The lowest BCUT2D eigenvalue weighted by Gasteiger charge is -2.35. The molecule has 1 N–H and O–H groups in total. The van der Waals surface area contributed by atoms with E-state index >= 15 is 0 Å². The largest absolute Gasteiger partial charge is 0.311 e. The molecule has 0 aromatic heterocycles. The molecule has 0 spiro atoms. The Morgan fingerprint density at radius 2 is 1.69 bits per heavy atom. The van der Waals surface area contributed by atoms with E-state index in [9.17, 15) is 0 Å². The molecular formula is C12H27N. The highest BCUT2D eigenvalue weighted by Crippen LogP contribution is 2.27. The summed E-state index contributed by atoms with van der Waals surface area (Å²) in [7, 11) is 0. The Morgan fingerprint density at radius 3 is 2.00 bits per heavy atom. The number of hydrogen-bond donors (Lipinski definition) is 1. The highest BCUT2D eigenvalue weighted by atomic mass is 15.0. The lowest BCUT2D eigenvalue weighted by atomic mass is 9.79. The zero-order valence-corrected chi connectivity index (χ0v) is 10.3. The number of nitrogens with one attached hydrogen (secondary N) is 1. The SMILES string of the molecule is CCCC(NC(C)C)C(C)(C)CC. The van der Waals surface area contributed by atoms with Gasteiger partial charge in [-0.15, -0.1) is 0 Å². The molecule has 0 saturated carbocycles. The predicted octanol–water partition coefficient (Wildman–Crippen LogP) is 3.59. The Hall–Kier alpha value is -0.0400. The maximum atomic E-state index is 3.67. The highest BCUT2D eigenvalue weighted by Gasteiger charge is 2.26. The summed E-state index contributed by atoms with van der Waals surface area (Å²) in [6, 6.07) is 1.27. The van der Waals surface area contributed by atoms with Crippen LogP contribution in [0.15, 0.2) is 0 Å². The third-order valence-corrected chi connectivity index (χ3v) is 2.97. The quantitative estimate of drug-likeness (QED) is 0.667. The molecule has 0 aliphatic carbocycles. The Balaban J connectivity index is 4.22. The van der Waals surface area contributed by atoms with Crippen LogP contribution in [0.2, 0.25) is 0 Å². The van der Waals surface area contributed by atoms with Gasteiger partial charge in [0.05, 0.1) is 0 Å². The molecule has 13 heavy (non-hydrogen) atoms. The molecule has 1 unspecified atom stereocenters. The van der Waals surface area contributed by atoms with E-state index in [4.69, 9.17) is 0 Å². The zero-order valence-electron chi connectivity index (χ0n) is 10.3. The van der Waals surface area contributed by atoms with Crippen LogP contribution in [0.1, 0.15) is 60.8 Å². The average molecular weight is 185 g/mol. The molecule has 0 heterocycles. The van der Waals surface area contributed by atoms with Crippen molar-refractivity contribution in [2.24, 2.45) is 5.41 Å². The summed E-state index contributed by atoms with van der Waals surface area (Å²) in [5.74, 6) is 0. The first-order valence-electron chi connectivity index (χ1n) is 5.70. The Labute approximate surface area is 84.3 Å². The van der Waals surface area contributed by atoms with Crippen LogP contribution < -0.4 is 5.32 Å². The Bertz CT molecular complexity index is 127. The van der Waals surface area contributed by atoms with Gasteiger partial charge in [0.2, 0.25) is 0 Å². The van der Waals surface area contributed by atoms with E-state index in [1.807, 2.05) is 0 Å². The number of hydrogen-bond acceptors (Lipinski definition) is 1. The molecule has 0 aliphatic heterocycles. The van der Waals surface area contributed by atoms with Crippen molar-refractivity contribution in [3.63, 3.8) is 0 Å². The second-order valence-electron chi connectivity index (χ2n) is 5.00. The lowest BCUT2D eigenvalue weighted by Crippen LogP contribution is -2.44. The molecule has 0 rings (SSSR count). The highest BCUT2D eigenvalue weighted by molar-refractivity contribution is 4.83. The molecule has 0 amide bonds. The van der Waals surface area contributed by atoms with E-state index in [1.165, 1.54) is 19.3 Å². The average Bonchev–Trinajstić information content (AvgIpc) is 2.03. The maximum absolute atomic E-state index is 3.67. The summed E-state index contributed by atoms with van der Waals surface area (Å²) in [6.45, 7) is 13.7. The molecule has 0 aromatic carbocycles. The minimum Gasteiger partial charge on any atom is -0.311 e. The van der Waals surface area contributed by atoms with Gasteiger partial charge in [0, 0.05) is 12.1 Å². The van der Waals surface area contributed by atoms with E-state index in [1.54, 1.807) is 0 Å². The molecule has 1 atom stereocenters. The van der Waals surface area contributed by atoms with E-state index in [0.717, 1.165) is 0 Å². The van der Waals surface area contributed by atoms with Gasteiger partial charge in [-0.3, -0.25) is 0 Å². The second kappa shape index (κ2) is 5.64. The van der Waals surface area contributed by atoms with Crippen LogP contribution >= 0.6 is 0 Å². The van der Waals surface area contributed by atoms with Gasteiger partial charge in [-0.25, -0.2) is 0 Å². The summed E-state index contributed by atoms with van der Waals surface area (Å²) in [6.07, 6.45) is 3.81. The minimum absolute atomic E-state index is 0.431. The predicted molar refractivity (Wildman–Crippen MR) is 61.0 cm³/mol.